The summed E-state index contributed by atoms with van der Waals surface area (Å²) in [4.78, 5) is 27.3. The van der Waals surface area contributed by atoms with Crippen LogP contribution in [0.25, 0.3) is 22.4 Å². The average Bonchev–Trinajstić information content (AvgIpc) is 3.51. The lowest BCUT2D eigenvalue weighted by molar-refractivity contribution is -0.148. The van der Waals surface area contributed by atoms with Gasteiger partial charge in [0.2, 0.25) is 0 Å². The average molecular weight is 565 g/mol. The Labute approximate surface area is 246 Å². The highest BCUT2D eigenvalue weighted by atomic mass is 16.6. The number of ether oxygens (including phenoxy) is 2. The molecule has 1 atom stereocenters. The van der Waals surface area contributed by atoms with E-state index in [4.69, 9.17) is 9.47 Å². The Morgan fingerprint density at radius 3 is 2.12 bits per heavy atom. The Morgan fingerprint density at radius 1 is 0.905 bits per heavy atom. The van der Waals surface area contributed by atoms with Gasteiger partial charge in [-0.3, -0.25) is 4.57 Å². The molecule has 0 saturated heterocycles. The van der Waals surface area contributed by atoms with Crippen molar-refractivity contribution in [3.8, 4) is 22.4 Å². The Balaban J connectivity index is 1.41. The molecule has 1 unspecified atom stereocenters. The van der Waals surface area contributed by atoms with Gasteiger partial charge < -0.3 is 14.6 Å². The van der Waals surface area contributed by atoms with Gasteiger partial charge in [-0.15, -0.1) is 0 Å². The minimum absolute atomic E-state index is 0.0296. The molecule has 0 saturated carbocycles. The van der Waals surface area contributed by atoms with Crippen LogP contribution in [0.15, 0.2) is 85.1 Å². The van der Waals surface area contributed by atoms with Crippen LogP contribution in [0.4, 0.5) is 15.3 Å². The minimum atomic E-state index is -1.16. The molecule has 7 nitrogen and oxygen atoms in total. The summed E-state index contributed by atoms with van der Waals surface area (Å²) in [5.74, 6) is -0.0296. The summed E-state index contributed by atoms with van der Waals surface area (Å²) in [5, 5.41) is 10.6. The molecule has 7 heteroatoms. The summed E-state index contributed by atoms with van der Waals surface area (Å²) in [7, 11) is 0. The fraction of sp³-hybridized carbons (Fsp3) is 0.314. The number of nitrogens with zero attached hydrogens (tertiary/aromatic N) is 2. The first-order chi connectivity index (χ1) is 19.8. The van der Waals surface area contributed by atoms with Crippen LogP contribution >= 0.6 is 0 Å². The van der Waals surface area contributed by atoms with Gasteiger partial charge in [0.1, 0.15) is 11.3 Å². The normalized spacial score (nSPS) is 19.1. The van der Waals surface area contributed by atoms with Gasteiger partial charge in [0.05, 0.1) is 17.0 Å². The van der Waals surface area contributed by atoms with Gasteiger partial charge in [-0.05, 0) is 93.6 Å². The minimum Gasteiger partial charge on any atom is -0.465 e. The molecular weight excluding hydrogens is 528 g/mol. The number of aromatic nitrogens is 1. The Bertz CT molecular complexity index is 1670. The topological polar surface area (TPSA) is 81.0 Å². The molecule has 42 heavy (non-hydrogen) atoms. The van der Waals surface area contributed by atoms with Gasteiger partial charge in [-0.25, -0.2) is 14.5 Å². The van der Waals surface area contributed by atoms with E-state index in [1.54, 1.807) is 12.3 Å². The van der Waals surface area contributed by atoms with E-state index < -0.39 is 29.1 Å². The van der Waals surface area contributed by atoms with Crippen LogP contribution in [-0.4, -0.2) is 33.2 Å². The van der Waals surface area contributed by atoms with Crippen molar-refractivity contribution in [2.75, 3.05) is 4.90 Å². The van der Waals surface area contributed by atoms with Crippen molar-refractivity contribution >= 4 is 17.9 Å². The number of carbonyl (C=O) groups is 2. The lowest BCUT2D eigenvalue weighted by Gasteiger charge is -2.51. The Morgan fingerprint density at radius 2 is 1.52 bits per heavy atom. The van der Waals surface area contributed by atoms with E-state index in [1.165, 1.54) is 31.7 Å². The highest BCUT2D eigenvalue weighted by Crippen LogP contribution is 2.53. The SMILES string of the molecule is CC(C)(C)OC(=O)n1cccc1-c1ccc2c(c1)C(C)(C)OC(C)(CC1c3ccccc3-c3ccccc31)N2C(=O)O. The Hall–Kier alpha value is -4.36. The predicted molar refractivity (Wildman–Crippen MR) is 163 cm³/mol. The molecule has 1 aliphatic carbocycles. The van der Waals surface area contributed by atoms with Crippen LogP contribution in [0, 0.1) is 0 Å². The Kier molecular flexibility index (Phi) is 6.35. The number of amides is 1. The van der Waals surface area contributed by atoms with E-state index in [9.17, 15) is 14.7 Å². The molecule has 1 aliphatic heterocycles. The van der Waals surface area contributed by atoms with E-state index >= 15 is 0 Å². The quantitative estimate of drug-likeness (QED) is 0.269. The number of fused-ring (bicyclic) bond motifs is 4. The molecule has 1 amide bonds. The standard InChI is InChI=1S/C35H36N2O5/c1-33(2,3)41-32(40)36-19-11-16-29(36)22-17-18-30-28(20-22)34(4,5)42-35(6,37(30)31(38)39)21-27-25-14-9-7-12-23(25)24-13-8-10-15-26(24)27/h7-20,27H,21H2,1-6H3,(H,38,39). The first-order valence-electron chi connectivity index (χ1n) is 14.3. The third kappa shape index (κ3) is 4.58. The summed E-state index contributed by atoms with van der Waals surface area (Å²) in [6.07, 6.45) is 0.549. The van der Waals surface area contributed by atoms with E-state index in [0.717, 1.165) is 11.1 Å². The van der Waals surface area contributed by atoms with Crippen LogP contribution in [-0.2, 0) is 15.1 Å². The molecular formula is C35H36N2O5. The summed E-state index contributed by atoms with van der Waals surface area (Å²) in [5.41, 5.74) is 4.79. The van der Waals surface area contributed by atoms with Crippen LogP contribution in [0.2, 0.25) is 0 Å². The van der Waals surface area contributed by atoms with Crippen molar-refractivity contribution in [3.05, 3.63) is 102 Å². The molecule has 1 N–H and O–H groups in total. The van der Waals surface area contributed by atoms with E-state index in [1.807, 2.05) is 90.1 Å². The third-order valence-electron chi connectivity index (χ3n) is 8.21. The zero-order valence-corrected chi connectivity index (χ0v) is 24.8. The lowest BCUT2D eigenvalue weighted by atomic mass is 9.84. The van der Waals surface area contributed by atoms with Gasteiger partial charge in [-0.2, -0.15) is 0 Å². The zero-order chi connectivity index (χ0) is 30.0. The molecule has 0 fully saturated rings. The van der Waals surface area contributed by atoms with E-state index in [-0.39, 0.29) is 5.92 Å². The number of anilines is 1. The smallest absolute Gasteiger partial charge is 0.418 e. The molecule has 3 aromatic carbocycles. The van der Waals surface area contributed by atoms with Crippen LogP contribution in [0.5, 0.6) is 0 Å². The van der Waals surface area contributed by atoms with Crippen molar-refractivity contribution in [2.24, 2.45) is 0 Å². The molecule has 0 radical (unpaired) electrons. The highest BCUT2D eigenvalue weighted by molar-refractivity contribution is 5.91. The molecule has 2 heterocycles. The molecule has 6 rings (SSSR count). The van der Waals surface area contributed by atoms with E-state index in [2.05, 4.69) is 24.3 Å². The van der Waals surface area contributed by atoms with Crippen LogP contribution < -0.4 is 4.90 Å². The van der Waals surface area contributed by atoms with Crippen molar-refractivity contribution in [1.82, 2.24) is 4.57 Å². The van der Waals surface area contributed by atoms with Gasteiger partial charge >= 0.3 is 12.2 Å². The van der Waals surface area contributed by atoms with E-state index in [0.29, 0.717) is 17.8 Å². The van der Waals surface area contributed by atoms with Gasteiger partial charge in [0, 0.05) is 24.1 Å². The maximum atomic E-state index is 13.0. The molecule has 0 bridgehead atoms. The zero-order valence-electron chi connectivity index (χ0n) is 24.8. The number of benzene rings is 3. The van der Waals surface area contributed by atoms with Gasteiger partial charge in [0.25, 0.3) is 0 Å². The number of hydrogen-bond acceptors (Lipinski definition) is 4. The summed E-state index contributed by atoms with van der Waals surface area (Å²) >= 11 is 0. The second-order valence-electron chi connectivity index (χ2n) is 12.8. The number of carboxylic acid groups (broad SMARTS) is 1. The second-order valence-corrected chi connectivity index (χ2v) is 12.8. The first-order valence-corrected chi connectivity index (χ1v) is 14.3. The second kappa shape index (κ2) is 9.60. The number of rotatable bonds is 3. The van der Waals surface area contributed by atoms with Crippen LogP contribution in [0.3, 0.4) is 0 Å². The lowest BCUT2D eigenvalue weighted by Crippen LogP contribution is -2.59. The molecule has 1 aromatic heterocycles. The summed E-state index contributed by atoms with van der Waals surface area (Å²) in [6.45, 7) is 11.3. The third-order valence-corrected chi connectivity index (χ3v) is 8.21. The largest absolute Gasteiger partial charge is 0.465 e. The summed E-state index contributed by atoms with van der Waals surface area (Å²) < 4.78 is 13.9. The van der Waals surface area contributed by atoms with Crippen LogP contribution in [0.1, 0.15) is 70.6 Å². The molecule has 2 aliphatic rings. The van der Waals surface area contributed by atoms with Gasteiger partial charge in [0.15, 0.2) is 0 Å². The fourth-order valence-electron chi connectivity index (χ4n) is 6.66. The van der Waals surface area contributed by atoms with Crippen molar-refractivity contribution in [3.63, 3.8) is 0 Å². The number of hydrogen-bond donors (Lipinski definition) is 1. The summed E-state index contributed by atoms with van der Waals surface area (Å²) in [6, 6.07) is 25.9. The van der Waals surface area contributed by atoms with Crippen molar-refractivity contribution < 1.29 is 24.2 Å². The van der Waals surface area contributed by atoms with Crippen molar-refractivity contribution in [2.45, 2.75) is 70.8 Å². The highest BCUT2D eigenvalue weighted by Gasteiger charge is 2.51. The predicted octanol–water partition coefficient (Wildman–Crippen LogP) is 8.61. The van der Waals surface area contributed by atoms with Gasteiger partial charge in [-0.1, -0.05) is 54.6 Å². The number of carbonyl (C=O) groups excluding carboxylic acids is 1. The maximum absolute atomic E-state index is 13.0. The fourth-order valence-corrected chi connectivity index (χ4v) is 6.66. The first kappa shape index (κ1) is 27.8. The maximum Gasteiger partial charge on any atom is 0.418 e. The molecule has 216 valence electrons. The molecule has 0 spiro atoms. The molecule has 4 aromatic rings. The monoisotopic (exact) mass is 564 g/mol. The van der Waals surface area contributed by atoms with Crippen molar-refractivity contribution in [1.29, 1.82) is 0 Å².